The van der Waals surface area contributed by atoms with Gasteiger partial charge in [0.05, 0.1) is 17.1 Å². The first-order chi connectivity index (χ1) is 8.00. The van der Waals surface area contributed by atoms with E-state index in [1.165, 1.54) is 18.3 Å². The van der Waals surface area contributed by atoms with Crippen LogP contribution in [0, 0.1) is 0 Å². The summed E-state index contributed by atoms with van der Waals surface area (Å²) in [4.78, 5) is 3.97. The molecule has 0 atom stereocenters. The number of hydrogen-bond acceptors (Lipinski definition) is 2. The fraction of sp³-hybridized carbons (Fsp3) is 0.182. The summed E-state index contributed by atoms with van der Waals surface area (Å²) in [5, 5.41) is 0.515. The van der Waals surface area contributed by atoms with Crippen molar-refractivity contribution in [1.82, 2.24) is 4.98 Å². The Morgan fingerprint density at radius 1 is 1.18 bits per heavy atom. The van der Waals surface area contributed by atoms with E-state index in [1.54, 1.807) is 0 Å². The summed E-state index contributed by atoms with van der Waals surface area (Å²) in [6.07, 6.45) is -2.79. The van der Waals surface area contributed by atoms with E-state index in [1.807, 2.05) is 0 Å². The van der Waals surface area contributed by atoms with Crippen LogP contribution in [0.25, 0.3) is 11.5 Å². The van der Waals surface area contributed by atoms with Crippen LogP contribution in [-0.4, -0.2) is 4.98 Å². The molecule has 0 N–H and O–H groups in total. The Morgan fingerprint density at radius 3 is 2.29 bits per heavy atom. The van der Waals surface area contributed by atoms with Gasteiger partial charge in [0.2, 0.25) is 5.89 Å². The summed E-state index contributed by atoms with van der Waals surface area (Å²) in [6.45, 7) is 0. The van der Waals surface area contributed by atoms with E-state index in [9.17, 15) is 13.2 Å². The summed E-state index contributed by atoms with van der Waals surface area (Å²) in [6, 6.07) is 4.69. The van der Waals surface area contributed by atoms with Crippen LogP contribution < -0.4 is 0 Å². The van der Waals surface area contributed by atoms with Crippen LogP contribution in [0.3, 0.4) is 0 Å². The van der Waals surface area contributed by atoms with E-state index in [4.69, 9.17) is 4.42 Å². The molecule has 1 aromatic heterocycles. The van der Waals surface area contributed by atoms with Gasteiger partial charge in [0.1, 0.15) is 5.76 Å². The zero-order chi connectivity index (χ0) is 12.5. The van der Waals surface area contributed by atoms with Gasteiger partial charge in [0, 0.05) is 5.56 Å². The first-order valence-corrected chi connectivity index (χ1v) is 5.81. The van der Waals surface area contributed by atoms with E-state index < -0.39 is 11.7 Å². The molecule has 6 heteroatoms. The fourth-order valence-corrected chi connectivity index (χ4v) is 1.56. The van der Waals surface area contributed by atoms with E-state index in [-0.39, 0.29) is 0 Å². The average molecular weight is 306 g/mol. The number of halogens is 4. The fourth-order valence-electron chi connectivity index (χ4n) is 1.30. The zero-order valence-electron chi connectivity index (χ0n) is 8.46. The molecule has 17 heavy (non-hydrogen) atoms. The summed E-state index contributed by atoms with van der Waals surface area (Å²) in [7, 11) is 0. The molecule has 90 valence electrons. The third-order valence-corrected chi connectivity index (χ3v) is 2.70. The maximum absolute atomic E-state index is 12.3. The molecule has 0 saturated carbocycles. The van der Waals surface area contributed by atoms with Crippen molar-refractivity contribution >= 4 is 15.9 Å². The second-order valence-corrected chi connectivity index (χ2v) is 3.90. The van der Waals surface area contributed by atoms with Gasteiger partial charge in [-0.05, 0) is 24.3 Å². The van der Waals surface area contributed by atoms with Crippen molar-refractivity contribution in [2.75, 3.05) is 0 Å². The summed E-state index contributed by atoms with van der Waals surface area (Å²) < 4.78 is 42.3. The lowest BCUT2D eigenvalue weighted by Gasteiger charge is -2.06. The quantitative estimate of drug-likeness (QED) is 0.775. The molecule has 0 aliphatic heterocycles. The second kappa shape index (κ2) is 4.52. The maximum Gasteiger partial charge on any atom is 0.416 e. The molecule has 2 nitrogen and oxygen atoms in total. The minimum atomic E-state index is -4.32. The maximum atomic E-state index is 12.3. The van der Waals surface area contributed by atoms with Crippen LogP contribution >= 0.6 is 15.9 Å². The number of benzene rings is 1. The molecule has 0 spiro atoms. The largest absolute Gasteiger partial charge is 0.440 e. The van der Waals surface area contributed by atoms with Crippen LogP contribution in [0.4, 0.5) is 13.2 Å². The third kappa shape index (κ3) is 2.69. The Bertz CT molecular complexity index is 504. The van der Waals surface area contributed by atoms with Crippen LogP contribution in [0.1, 0.15) is 11.3 Å². The number of aromatic nitrogens is 1. The number of oxazole rings is 1. The number of rotatable bonds is 2. The normalized spacial score (nSPS) is 11.8. The Balaban J connectivity index is 2.29. The molecule has 0 unspecified atom stereocenters. The molecule has 0 amide bonds. The SMILES string of the molecule is FC(F)(F)c1ccc(-c2ncc(CBr)o2)cc1. The van der Waals surface area contributed by atoms with Crippen molar-refractivity contribution in [3.63, 3.8) is 0 Å². The highest BCUT2D eigenvalue weighted by molar-refractivity contribution is 9.08. The Hall–Kier alpha value is -1.30. The molecule has 2 rings (SSSR count). The summed E-state index contributed by atoms with van der Waals surface area (Å²) in [5.74, 6) is 0.938. The Labute approximate surface area is 104 Å². The van der Waals surface area contributed by atoms with E-state index >= 15 is 0 Å². The number of alkyl halides is 4. The number of nitrogens with zero attached hydrogens (tertiary/aromatic N) is 1. The Kier molecular flexibility index (Phi) is 3.24. The van der Waals surface area contributed by atoms with Crippen LogP contribution in [0.15, 0.2) is 34.9 Å². The lowest BCUT2D eigenvalue weighted by Crippen LogP contribution is -2.03. The molecule has 1 aromatic carbocycles. The van der Waals surface area contributed by atoms with Crippen LogP contribution in [-0.2, 0) is 11.5 Å². The predicted molar refractivity (Wildman–Crippen MR) is 59.6 cm³/mol. The van der Waals surface area contributed by atoms with Gasteiger partial charge in [-0.2, -0.15) is 13.2 Å². The smallest absolute Gasteiger partial charge is 0.416 e. The van der Waals surface area contributed by atoms with Crippen molar-refractivity contribution in [3.05, 3.63) is 41.8 Å². The van der Waals surface area contributed by atoms with Crippen LogP contribution in [0.2, 0.25) is 0 Å². The van der Waals surface area contributed by atoms with Gasteiger partial charge >= 0.3 is 6.18 Å². The molecule has 1 heterocycles. The highest BCUT2D eigenvalue weighted by Crippen LogP contribution is 2.30. The topological polar surface area (TPSA) is 26.0 Å². The minimum Gasteiger partial charge on any atom is -0.440 e. The zero-order valence-corrected chi connectivity index (χ0v) is 10.0. The van der Waals surface area contributed by atoms with Crippen molar-refractivity contribution in [2.24, 2.45) is 0 Å². The molecule has 0 radical (unpaired) electrons. The van der Waals surface area contributed by atoms with E-state index in [0.717, 1.165) is 12.1 Å². The van der Waals surface area contributed by atoms with Crippen molar-refractivity contribution in [3.8, 4) is 11.5 Å². The van der Waals surface area contributed by atoms with E-state index in [2.05, 4.69) is 20.9 Å². The molecular weight excluding hydrogens is 299 g/mol. The van der Waals surface area contributed by atoms with Crippen molar-refractivity contribution in [1.29, 1.82) is 0 Å². The molecule has 0 aliphatic rings. The molecule has 2 aromatic rings. The van der Waals surface area contributed by atoms with Crippen LogP contribution in [0.5, 0.6) is 0 Å². The lowest BCUT2D eigenvalue weighted by atomic mass is 10.1. The van der Waals surface area contributed by atoms with Gasteiger partial charge in [-0.1, -0.05) is 15.9 Å². The highest BCUT2D eigenvalue weighted by atomic mass is 79.9. The van der Waals surface area contributed by atoms with Gasteiger partial charge < -0.3 is 4.42 Å². The highest BCUT2D eigenvalue weighted by Gasteiger charge is 2.30. The number of hydrogen-bond donors (Lipinski definition) is 0. The molecule has 0 bridgehead atoms. The van der Waals surface area contributed by atoms with E-state index in [0.29, 0.717) is 22.5 Å². The van der Waals surface area contributed by atoms with Crippen molar-refractivity contribution in [2.45, 2.75) is 11.5 Å². The summed E-state index contributed by atoms with van der Waals surface area (Å²) >= 11 is 3.20. The first kappa shape index (κ1) is 12.2. The standard InChI is InChI=1S/C11H7BrF3NO/c12-5-9-6-16-10(17-9)7-1-3-8(4-2-7)11(13,14)15/h1-4,6H,5H2. The van der Waals surface area contributed by atoms with Gasteiger partial charge in [-0.15, -0.1) is 0 Å². The Morgan fingerprint density at radius 2 is 1.82 bits per heavy atom. The third-order valence-electron chi connectivity index (χ3n) is 2.14. The second-order valence-electron chi connectivity index (χ2n) is 3.34. The average Bonchev–Trinajstić information content (AvgIpc) is 2.76. The summed E-state index contributed by atoms with van der Waals surface area (Å²) in [5.41, 5.74) is -0.168. The predicted octanol–water partition coefficient (Wildman–Crippen LogP) is 4.26. The molecule has 0 aliphatic carbocycles. The lowest BCUT2D eigenvalue weighted by molar-refractivity contribution is -0.137. The van der Waals surface area contributed by atoms with Gasteiger partial charge in [-0.3, -0.25) is 0 Å². The molecular formula is C11H7BrF3NO. The monoisotopic (exact) mass is 305 g/mol. The minimum absolute atomic E-state index is 0.313. The first-order valence-electron chi connectivity index (χ1n) is 4.69. The van der Waals surface area contributed by atoms with Gasteiger partial charge in [0.15, 0.2) is 0 Å². The molecule has 0 fully saturated rings. The molecule has 0 saturated heterocycles. The van der Waals surface area contributed by atoms with Gasteiger partial charge in [0.25, 0.3) is 0 Å². The van der Waals surface area contributed by atoms with Gasteiger partial charge in [-0.25, -0.2) is 4.98 Å². The van der Waals surface area contributed by atoms with Crippen molar-refractivity contribution < 1.29 is 17.6 Å².